The molecule has 0 aliphatic rings. The number of hydrogen-bond donors (Lipinski definition) is 2. The number of carbonyl (C=O) groups excluding carboxylic acids is 2. The molecule has 0 aromatic heterocycles. The van der Waals surface area contributed by atoms with Crippen molar-refractivity contribution in [1.82, 2.24) is 5.32 Å². The van der Waals surface area contributed by atoms with Crippen LogP contribution in [0.3, 0.4) is 0 Å². The van der Waals surface area contributed by atoms with Gasteiger partial charge in [0.25, 0.3) is 0 Å². The van der Waals surface area contributed by atoms with Gasteiger partial charge in [-0.25, -0.2) is 4.57 Å². The fourth-order valence-electron chi connectivity index (χ4n) is 8.50. The Morgan fingerprint density at radius 2 is 0.932 bits per heavy atom. The second-order valence-electron chi connectivity index (χ2n) is 21.6. The van der Waals surface area contributed by atoms with E-state index in [0.29, 0.717) is 17.4 Å². The maximum Gasteiger partial charge on any atom is 0.472 e. The Labute approximate surface area is 451 Å². The first-order valence-corrected chi connectivity index (χ1v) is 31.8. The van der Waals surface area contributed by atoms with Gasteiger partial charge in [0.2, 0.25) is 5.91 Å². The van der Waals surface area contributed by atoms with Gasteiger partial charge in [-0.1, -0.05) is 242 Å². The molecule has 0 radical (unpaired) electrons. The SMILES string of the molecule is CC/C=C/C=C/C=C/CCCCCCCCCC(=O)OC(/C=C\CCCCCCCCCCC)C(COP(=O)(O)OCC[N+](C)(C)C)NC(=O)CCCCCCCCCCCCC/C=C\C/C=C\CCCCC. The minimum atomic E-state index is -4.45. The summed E-state index contributed by atoms with van der Waals surface area (Å²) in [5.74, 6) is -0.521. The molecule has 0 spiro atoms. The number of amides is 1. The first-order chi connectivity index (χ1) is 35.4. The van der Waals surface area contributed by atoms with Crippen molar-refractivity contribution < 1.29 is 37.3 Å². The number of carbonyl (C=O) groups is 2. The molecular weight excluding hydrogens is 928 g/mol. The molecule has 73 heavy (non-hydrogen) atoms. The molecule has 0 heterocycles. The standard InChI is InChI=1S/C63H115N2O7P/c1-7-10-13-16-19-22-25-27-29-30-31-32-33-34-36-37-40-43-46-49-52-55-62(66)64-60(59-71-73(68,69)70-58-57-65(4,5)6)61(54-51-48-45-42-39-24-21-18-15-12-9-3)72-63(67)56-53-50-47-44-41-38-35-28-26-23-20-17-14-11-8-2/h11,14,17,19-20,22-23,26-27,29,51,54,60-61H,7-10,12-13,15-16,18,21,24-25,28,30-50,52-53,55-59H2,1-6H3,(H-,64,66,68,69)/p+1/b14-11+,20-17+,22-19-,26-23+,29-27-,54-51-. The number of phosphoric acid groups is 1. The van der Waals surface area contributed by atoms with E-state index >= 15 is 0 Å². The van der Waals surface area contributed by atoms with Gasteiger partial charge in [-0.2, -0.15) is 0 Å². The highest BCUT2D eigenvalue weighted by atomic mass is 31.2. The zero-order valence-corrected chi connectivity index (χ0v) is 49.3. The van der Waals surface area contributed by atoms with Crippen LogP contribution in [-0.2, 0) is 27.9 Å². The molecular formula is C63H116N2O7P+. The number of esters is 1. The normalized spacial score (nSPS) is 14.2. The fraction of sp³-hybridized carbons (Fsp3) is 0.778. The number of quaternary nitrogens is 1. The van der Waals surface area contributed by atoms with E-state index in [1.807, 2.05) is 33.3 Å². The zero-order valence-electron chi connectivity index (χ0n) is 48.4. The number of allylic oxidation sites excluding steroid dienone is 11. The molecule has 0 aliphatic heterocycles. The molecule has 0 saturated heterocycles. The molecule has 10 heteroatoms. The molecule has 1 amide bonds. The average molecular weight is 1040 g/mol. The average Bonchev–Trinajstić information content (AvgIpc) is 3.35. The molecule has 424 valence electrons. The molecule has 3 atom stereocenters. The van der Waals surface area contributed by atoms with Crippen LogP contribution >= 0.6 is 7.82 Å². The number of unbranched alkanes of at least 4 members (excludes halogenated alkanes) is 30. The topological polar surface area (TPSA) is 111 Å². The Morgan fingerprint density at radius 1 is 0.507 bits per heavy atom. The van der Waals surface area contributed by atoms with E-state index in [0.717, 1.165) is 83.5 Å². The van der Waals surface area contributed by atoms with Crippen LogP contribution in [0.2, 0.25) is 0 Å². The van der Waals surface area contributed by atoms with E-state index in [1.54, 1.807) is 0 Å². The number of nitrogens with one attached hydrogen (secondary N) is 1. The molecule has 0 aromatic rings. The Kier molecular flexibility index (Phi) is 51.0. The lowest BCUT2D eigenvalue weighted by molar-refractivity contribution is -0.870. The fourth-order valence-corrected chi connectivity index (χ4v) is 9.24. The third-order valence-electron chi connectivity index (χ3n) is 13.2. The Bertz CT molecular complexity index is 1480. The number of nitrogens with zero attached hydrogens (tertiary/aromatic N) is 1. The summed E-state index contributed by atoms with van der Waals surface area (Å²) in [7, 11) is 1.48. The van der Waals surface area contributed by atoms with E-state index in [2.05, 4.69) is 86.8 Å². The summed E-state index contributed by atoms with van der Waals surface area (Å²) in [6, 6.07) is -0.856. The van der Waals surface area contributed by atoms with Crippen LogP contribution in [-0.4, -0.2) is 74.3 Å². The number of ether oxygens (including phenoxy) is 1. The summed E-state index contributed by atoms with van der Waals surface area (Å²) in [5.41, 5.74) is 0. The van der Waals surface area contributed by atoms with E-state index in [-0.39, 0.29) is 31.5 Å². The highest BCUT2D eigenvalue weighted by molar-refractivity contribution is 7.47. The maximum absolute atomic E-state index is 13.5. The van der Waals surface area contributed by atoms with Crippen molar-refractivity contribution in [3.05, 3.63) is 72.9 Å². The van der Waals surface area contributed by atoms with Crippen molar-refractivity contribution in [3.63, 3.8) is 0 Å². The van der Waals surface area contributed by atoms with Crippen LogP contribution in [0.1, 0.15) is 265 Å². The number of rotatable bonds is 54. The molecule has 9 nitrogen and oxygen atoms in total. The van der Waals surface area contributed by atoms with E-state index in [9.17, 15) is 19.0 Å². The Hall–Kier alpha value is -2.55. The van der Waals surface area contributed by atoms with Crippen molar-refractivity contribution in [2.24, 2.45) is 0 Å². The second kappa shape index (κ2) is 52.9. The van der Waals surface area contributed by atoms with Crippen LogP contribution in [0.25, 0.3) is 0 Å². The smallest absolute Gasteiger partial charge is 0.456 e. The van der Waals surface area contributed by atoms with Crippen LogP contribution in [0.15, 0.2) is 72.9 Å². The van der Waals surface area contributed by atoms with Crippen LogP contribution in [0.4, 0.5) is 0 Å². The predicted octanol–water partition coefficient (Wildman–Crippen LogP) is 18.4. The van der Waals surface area contributed by atoms with Crippen LogP contribution in [0.5, 0.6) is 0 Å². The third-order valence-corrected chi connectivity index (χ3v) is 14.2. The lowest BCUT2D eigenvalue weighted by Crippen LogP contribution is -2.47. The Balaban J connectivity index is 5.21. The highest BCUT2D eigenvalue weighted by Gasteiger charge is 2.30. The number of hydrogen-bond acceptors (Lipinski definition) is 6. The minimum absolute atomic E-state index is 0.0356. The summed E-state index contributed by atoms with van der Waals surface area (Å²) in [5, 5.41) is 3.05. The van der Waals surface area contributed by atoms with Gasteiger partial charge in [0.15, 0.2) is 0 Å². The van der Waals surface area contributed by atoms with Crippen molar-refractivity contribution >= 4 is 19.7 Å². The molecule has 0 aliphatic carbocycles. The van der Waals surface area contributed by atoms with Crippen LogP contribution < -0.4 is 5.32 Å². The monoisotopic (exact) mass is 1040 g/mol. The summed E-state index contributed by atoms with van der Waals surface area (Å²) in [6.45, 7) is 6.85. The number of likely N-dealkylation sites (N-methyl/N-ethyl adjacent to an activating group) is 1. The van der Waals surface area contributed by atoms with Gasteiger partial charge in [-0.05, 0) is 83.1 Å². The molecule has 3 unspecified atom stereocenters. The predicted molar refractivity (Wildman–Crippen MR) is 314 cm³/mol. The van der Waals surface area contributed by atoms with Crippen LogP contribution in [0, 0.1) is 0 Å². The summed E-state index contributed by atoms with van der Waals surface area (Å²) in [4.78, 5) is 37.6. The van der Waals surface area contributed by atoms with E-state index in [4.69, 9.17) is 13.8 Å². The zero-order chi connectivity index (χ0) is 53.6. The maximum atomic E-state index is 13.5. The van der Waals surface area contributed by atoms with Gasteiger partial charge in [-0.3, -0.25) is 18.6 Å². The van der Waals surface area contributed by atoms with E-state index < -0.39 is 20.0 Å². The van der Waals surface area contributed by atoms with Crippen molar-refractivity contribution in [1.29, 1.82) is 0 Å². The first kappa shape index (κ1) is 70.5. The second-order valence-corrected chi connectivity index (χ2v) is 23.0. The lowest BCUT2D eigenvalue weighted by atomic mass is 10.0. The van der Waals surface area contributed by atoms with Crippen molar-refractivity contribution in [3.8, 4) is 0 Å². The molecule has 0 bridgehead atoms. The van der Waals surface area contributed by atoms with Gasteiger partial charge < -0.3 is 19.4 Å². The van der Waals surface area contributed by atoms with Gasteiger partial charge >= 0.3 is 13.8 Å². The quantitative estimate of drug-likeness (QED) is 0.0156. The number of phosphoric ester groups is 1. The third kappa shape index (κ3) is 54.1. The Morgan fingerprint density at radius 3 is 1.44 bits per heavy atom. The van der Waals surface area contributed by atoms with Gasteiger partial charge in [0.1, 0.15) is 19.3 Å². The molecule has 0 aromatic carbocycles. The summed E-state index contributed by atoms with van der Waals surface area (Å²) < 4.78 is 30.6. The van der Waals surface area contributed by atoms with Crippen molar-refractivity contribution in [2.75, 3.05) is 40.9 Å². The molecule has 0 fully saturated rings. The largest absolute Gasteiger partial charge is 0.472 e. The first-order valence-electron chi connectivity index (χ1n) is 30.3. The van der Waals surface area contributed by atoms with Gasteiger partial charge in [0, 0.05) is 12.8 Å². The molecule has 0 rings (SSSR count). The summed E-state index contributed by atoms with van der Waals surface area (Å²) >= 11 is 0. The molecule has 2 N–H and O–H groups in total. The van der Waals surface area contributed by atoms with Gasteiger partial charge in [-0.15, -0.1) is 0 Å². The minimum Gasteiger partial charge on any atom is -0.456 e. The lowest BCUT2D eigenvalue weighted by Gasteiger charge is -2.27. The summed E-state index contributed by atoms with van der Waals surface area (Å²) in [6.07, 6.45) is 67.5. The van der Waals surface area contributed by atoms with Crippen molar-refractivity contribution in [2.45, 2.75) is 277 Å². The highest BCUT2D eigenvalue weighted by Crippen LogP contribution is 2.43. The molecule has 0 saturated carbocycles. The van der Waals surface area contributed by atoms with E-state index in [1.165, 1.54) is 148 Å². The van der Waals surface area contributed by atoms with Gasteiger partial charge in [0.05, 0.1) is 33.8 Å².